The number of phenolic OH excluding ortho intramolecular Hbond substituents is 1. The SMILES string of the molecule is Cc1cc(N=Nc2ccccc2[N+](=O)[O-])c(O)c(C(C)c2ccccc2)c1. The number of para-hydroxylation sites is 1. The van der Waals surface area contributed by atoms with E-state index in [2.05, 4.69) is 10.2 Å². The van der Waals surface area contributed by atoms with E-state index in [9.17, 15) is 15.2 Å². The fourth-order valence-corrected chi connectivity index (χ4v) is 2.93. The highest BCUT2D eigenvalue weighted by Gasteiger charge is 2.17. The summed E-state index contributed by atoms with van der Waals surface area (Å²) in [4.78, 5) is 10.6. The van der Waals surface area contributed by atoms with Crippen molar-refractivity contribution in [3.63, 3.8) is 0 Å². The van der Waals surface area contributed by atoms with Crippen LogP contribution in [0.4, 0.5) is 17.1 Å². The van der Waals surface area contributed by atoms with Gasteiger partial charge >= 0.3 is 0 Å². The lowest BCUT2D eigenvalue weighted by Gasteiger charge is -2.16. The van der Waals surface area contributed by atoms with Crippen LogP contribution in [0.1, 0.15) is 29.5 Å². The number of azo groups is 1. The zero-order valence-corrected chi connectivity index (χ0v) is 15.0. The molecule has 136 valence electrons. The van der Waals surface area contributed by atoms with E-state index in [1.165, 1.54) is 12.1 Å². The van der Waals surface area contributed by atoms with Crippen LogP contribution in [0, 0.1) is 17.0 Å². The average Bonchev–Trinajstić information content (AvgIpc) is 2.68. The van der Waals surface area contributed by atoms with Crippen molar-refractivity contribution in [1.29, 1.82) is 0 Å². The highest BCUT2D eigenvalue weighted by atomic mass is 16.6. The third-order valence-corrected chi connectivity index (χ3v) is 4.37. The second-order valence-electron chi connectivity index (χ2n) is 6.30. The zero-order chi connectivity index (χ0) is 19.4. The van der Waals surface area contributed by atoms with Crippen molar-refractivity contribution in [3.8, 4) is 5.75 Å². The van der Waals surface area contributed by atoms with Crippen LogP contribution in [-0.2, 0) is 0 Å². The van der Waals surface area contributed by atoms with Gasteiger partial charge in [-0.1, -0.05) is 55.5 Å². The van der Waals surface area contributed by atoms with Crippen LogP contribution in [-0.4, -0.2) is 10.0 Å². The molecule has 0 fully saturated rings. The van der Waals surface area contributed by atoms with Crippen LogP contribution in [0.5, 0.6) is 5.75 Å². The number of rotatable bonds is 5. The molecule has 0 saturated heterocycles. The molecule has 0 saturated carbocycles. The van der Waals surface area contributed by atoms with E-state index in [0.29, 0.717) is 0 Å². The van der Waals surface area contributed by atoms with E-state index in [4.69, 9.17) is 0 Å². The van der Waals surface area contributed by atoms with Gasteiger partial charge in [0.1, 0.15) is 11.4 Å². The molecule has 0 heterocycles. The van der Waals surface area contributed by atoms with Crippen LogP contribution < -0.4 is 0 Å². The summed E-state index contributed by atoms with van der Waals surface area (Å²) < 4.78 is 0. The Kier molecular flexibility index (Phi) is 5.26. The largest absolute Gasteiger partial charge is 0.505 e. The molecule has 0 bridgehead atoms. The minimum Gasteiger partial charge on any atom is -0.505 e. The third kappa shape index (κ3) is 4.00. The molecule has 0 aromatic heterocycles. The lowest BCUT2D eigenvalue weighted by atomic mass is 9.91. The van der Waals surface area contributed by atoms with Gasteiger partial charge in [-0.3, -0.25) is 10.1 Å². The van der Waals surface area contributed by atoms with Gasteiger partial charge in [0, 0.05) is 17.5 Å². The van der Waals surface area contributed by atoms with Gasteiger partial charge in [0.15, 0.2) is 5.69 Å². The van der Waals surface area contributed by atoms with Crippen molar-refractivity contribution < 1.29 is 10.0 Å². The van der Waals surface area contributed by atoms with Crippen molar-refractivity contribution in [2.75, 3.05) is 0 Å². The molecule has 0 aliphatic carbocycles. The maximum atomic E-state index is 11.1. The number of nitrogens with zero attached hydrogens (tertiary/aromatic N) is 3. The Morgan fingerprint density at radius 1 is 0.963 bits per heavy atom. The summed E-state index contributed by atoms with van der Waals surface area (Å²) in [6.07, 6.45) is 0. The van der Waals surface area contributed by atoms with Crippen molar-refractivity contribution in [1.82, 2.24) is 0 Å². The third-order valence-electron chi connectivity index (χ3n) is 4.37. The van der Waals surface area contributed by atoms with Gasteiger partial charge in [-0.2, -0.15) is 0 Å². The molecule has 0 amide bonds. The molecular formula is C21H19N3O3. The van der Waals surface area contributed by atoms with Crippen LogP contribution in [0.3, 0.4) is 0 Å². The van der Waals surface area contributed by atoms with Crippen molar-refractivity contribution >= 4 is 17.1 Å². The first-order valence-electron chi connectivity index (χ1n) is 8.51. The van der Waals surface area contributed by atoms with E-state index in [-0.39, 0.29) is 28.7 Å². The number of hydrogen-bond acceptors (Lipinski definition) is 5. The predicted molar refractivity (Wildman–Crippen MR) is 104 cm³/mol. The molecule has 1 N–H and O–H groups in total. The monoisotopic (exact) mass is 361 g/mol. The summed E-state index contributed by atoms with van der Waals surface area (Å²) in [5, 5.41) is 29.9. The Bertz CT molecular complexity index is 1000. The van der Waals surface area contributed by atoms with Gasteiger partial charge in [-0.05, 0) is 30.2 Å². The lowest BCUT2D eigenvalue weighted by Crippen LogP contribution is -1.97. The molecular weight excluding hydrogens is 342 g/mol. The second-order valence-corrected chi connectivity index (χ2v) is 6.30. The Balaban J connectivity index is 2.01. The molecule has 0 radical (unpaired) electrons. The van der Waals surface area contributed by atoms with Gasteiger partial charge in [0.2, 0.25) is 0 Å². The standard InChI is InChI=1S/C21H19N3O3/c1-14-12-17(15(2)16-8-4-3-5-9-16)21(25)19(13-14)23-22-18-10-6-7-11-20(18)24(26)27/h3-13,15,25H,1-2H3. The van der Waals surface area contributed by atoms with Crippen molar-refractivity contribution in [2.45, 2.75) is 19.8 Å². The molecule has 6 heteroatoms. The molecule has 0 aliphatic rings. The molecule has 1 unspecified atom stereocenters. The minimum absolute atomic E-state index is 0.0271. The topological polar surface area (TPSA) is 88.1 Å². The molecule has 3 rings (SSSR count). The molecule has 0 spiro atoms. The predicted octanol–water partition coefficient (Wildman–Crippen LogP) is 6.18. The fourth-order valence-electron chi connectivity index (χ4n) is 2.93. The highest BCUT2D eigenvalue weighted by molar-refractivity contribution is 5.61. The maximum Gasteiger partial charge on any atom is 0.296 e. The minimum atomic E-state index is -0.507. The molecule has 1 atom stereocenters. The van der Waals surface area contributed by atoms with Crippen LogP contribution in [0.2, 0.25) is 0 Å². The number of hydrogen-bond donors (Lipinski definition) is 1. The van der Waals surface area contributed by atoms with E-state index in [1.54, 1.807) is 18.2 Å². The summed E-state index contributed by atoms with van der Waals surface area (Å²) in [5.74, 6) is -0.00889. The summed E-state index contributed by atoms with van der Waals surface area (Å²) in [5.41, 5.74) is 3.01. The van der Waals surface area contributed by atoms with Gasteiger partial charge in [0.25, 0.3) is 5.69 Å². The average molecular weight is 361 g/mol. The first kappa shape index (κ1) is 18.3. The Morgan fingerprint density at radius 3 is 2.30 bits per heavy atom. The Hall–Kier alpha value is -3.54. The summed E-state index contributed by atoms with van der Waals surface area (Å²) in [6, 6.07) is 19.6. The van der Waals surface area contributed by atoms with E-state index < -0.39 is 4.92 Å². The number of nitro groups is 1. The molecule has 0 aliphatic heterocycles. The zero-order valence-electron chi connectivity index (χ0n) is 15.0. The first-order valence-corrected chi connectivity index (χ1v) is 8.51. The highest BCUT2D eigenvalue weighted by Crippen LogP contribution is 2.39. The number of phenols is 1. The van der Waals surface area contributed by atoms with Gasteiger partial charge in [-0.25, -0.2) is 0 Å². The normalized spacial score (nSPS) is 12.2. The first-order chi connectivity index (χ1) is 13.0. The van der Waals surface area contributed by atoms with Gasteiger partial charge in [0.05, 0.1) is 4.92 Å². The lowest BCUT2D eigenvalue weighted by molar-refractivity contribution is -0.384. The van der Waals surface area contributed by atoms with Gasteiger partial charge in [-0.15, -0.1) is 10.2 Å². The van der Waals surface area contributed by atoms with Crippen molar-refractivity contribution in [3.05, 3.63) is 93.5 Å². The van der Waals surface area contributed by atoms with Crippen LogP contribution in [0.15, 0.2) is 77.0 Å². The van der Waals surface area contributed by atoms with E-state index in [0.717, 1.165) is 16.7 Å². The summed E-state index contributed by atoms with van der Waals surface area (Å²) >= 11 is 0. The summed E-state index contributed by atoms with van der Waals surface area (Å²) in [6.45, 7) is 3.91. The molecule has 27 heavy (non-hydrogen) atoms. The van der Waals surface area contributed by atoms with Crippen LogP contribution in [0.25, 0.3) is 0 Å². The maximum absolute atomic E-state index is 11.1. The van der Waals surface area contributed by atoms with Crippen LogP contribution >= 0.6 is 0 Å². The fraction of sp³-hybridized carbons (Fsp3) is 0.143. The Labute approximate surface area is 157 Å². The van der Waals surface area contributed by atoms with Crippen molar-refractivity contribution in [2.24, 2.45) is 10.2 Å². The number of benzene rings is 3. The number of nitro benzene ring substituents is 1. The van der Waals surface area contributed by atoms with E-state index >= 15 is 0 Å². The Morgan fingerprint density at radius 2 is 1.59 bits per heavy atom. The van der Waals surface area contributed by atoms with Gasteiger partial charge < -0.3 is 5.11 Å². The molecule has 6 nitrogen and oxygen atoms in total. The number of aromatic hydroxyl groups is 1. The summed E-state index contributed by atoms with van der Waals surface area (Å²) in [7, 11) is 0. The molecule has 3 aromatic rings. The van der Waals surface area contributed by atoms with E-state index in [1.807, 2.05) is 50.2 Å². The second kappa shape index (κ2) is 7.78. The number of aryl methyl sites for hydroxylation is 1. The molecule has 3 aromatic carbocycles. The quantitative estimate of drug-likeness (QED) is 0.334. The smallest absolute Gasteiger partial charge is 0.296 e.